The van der Waals surface area contributed by atoms with Gasteiger partial charge in [-0.1, -0.05) is 0 Å². The Hall–Kier alpha value is -1.69. The van der Waals surface area contributed by atoms with Crippen LogP contribution in [0.15, 0.2) is 29.2 Å². The molecule has 0 heterocycles. The normalized spacial score (nSPS) is 12.6. The molecule has 5 nitrogen and oxygen atoms in total. The molecule has 1 aromatic rings. The summed E-state index contributed by atoms with van der Waals surface area (Å²) in [5.41, 5.74) is 0.159. The van der Waals surface area contributed by atoms with Gasteiger partial charge in [0.1, 0.15) is 0 Å². The number of carbonyl (C=O) groups excluding carboxylic acids is 2. The van der Waals surface area contributed by atoms with Gasteiger partial charge in [0, 0.05) is 39.6 Å². The summed E-state index contributed by atoms with van der Waals surface area (Å²) in [5.74, 6) is -0.394. The number of nitrogens with zero attached hydrogens (tertiary/aromatic N) is 1. The quantitative estimate of drug-likeness (QED) is 0.898. The highest BCUT2D eigenvalue weighted by Crippen LogP contribution is 2.10. The Morgan fingerprint density at radius 2 is 1.73 bits per heavy atom. The highest BCUT2D eigenvalue weighted by molar-refractivity contribution is 7.84. The van der Waals surface area contributed by atoms with Crippen molar-refractivity contribution in [3.8, 4) is 0 Å². The molecule has 2 amide bonds. The lowest BCUT2D eigenvalue weighted by Gasteiger charge is -2.25. The average Bonchev–Trinajstić information content (AvgIpc) is 2.42. The van der Waals surface area contributed by atoms with Crippen LogP contribution in [0.5, 0.6) is 0 Å². The van der Waals surface area contributed by atoms with Crippen LogP contribution >= 0.6 is 0 Å². The van der Waals surface area contributed by atoms with Crippen LogP contribution in [0.2, 0.25) is 0 Å². The molecule has 0 aliphatic carbocycles. The van der Waals surface area contributed by atoms with Crippen LogP contribution in [0.25, 0.3) is 0 Å². The zero-order valence-electron chi connectivity index (χ0n) is 13.8. The third-order valence-corrected chi connectivity index (χ3v) is 3.89. The van der Waals surface area contributed by atoms with E-state index in [-0.39, 0.29) is 23.9 Å². The summed E-state index contributed by atoms with van der Waals surface area (Å²) in [6, 6.07) is 6.63. The summed E-state index contributed by atoms with van der Waals surface area (Å²) >= 11 is 0. The molecular weight excluding hydrogens is 300 g/mol. The van der Waals surface area contributed by atoms with Gasteiger partial charge in [-0.15, -0.1) is 0 Å². The molecule has 22 heavy (non-hydrogen) atoms. The van der Waals surface area contributed by atoms with Gasteiger partial charge in [-0.05, 0) is 52.0 Å². The molecule has 1 aromatic carbocycles. The maximum Gasteiger partial charge on any atom is 0.254 e. The van der Waals surface area contributed by atoms with E-state index in [9.17, 15) is 13.8 Å². The lowest BCUT2D eigenvalue weighted by molar-refractivity contribution is -0.123. The summed E-state index contributed by atoms with van der Waals surface area (Å²) in [6.07, 6.45) is 1.59. The fourth-order valence-corrected chi connectivity index (χ4v) is 2.45. The van der Waals surface area contributed by atoms with Crippen molar-refractivity contribution in [1.82, 2.24) is 10.2 Å². The second-order valence-corrected chi connectivity index (χ2v) is 7.48. The monoisotopic (exact) mass is 324 g/mol. The van der Waals surface area contributed by atoms with E-state index in [1.807, 2.05) is 27.7 Å². The molecule has 0 saturated carbocycles. The second-order valence-electron chi connectivity index (χ2n) is 6.10. The Balaban J connectivity index is 2.79. The molecule has 0 fully saturated rings. The van der Waals surface area contributed by atoms with E-state index in [4.69, 9.17) is 0 Å². The summed E-state index contributed by atoms with van der Waals surface area (Å²) < 4.78 is 11.4. The lowest BCUT2D eigenvalue weighted by atomic mass is 10.1. The second kappa shape index (κ2) is 7.54. The van der Waals surface area contributed by atoms with Gasteiger partial charge in [0.25, 0.3) is 5.91 Å². The van der Waals surface area contributed by atoms with Crippen LogP contribution in [-0.2, 0) is 15.6 Å². The topological polar surface area (TPSA) is 66.5 Å². The third-order valence-electron chi connectivity index (χ3n) is 2.95. The van der Waals surface area contributed by atoms with Crippen LogP contribution in [-0.4, -0.2) is 45.8 Å². The van der Waals surface area contributed by atoms with Crippen molar-refractivity contribution in [3.05, 3.63) is 29.8 Å². The Labute approximate surface area is 134 Å². The van der Waals surface area contributed by atoms with Crippen LogP contribution in [0, 0.1) is 0 Å². The number of hydrogen-bond donors (Lipinski definition) is 1. The summed E-state index contributed by atoms with van der Waals surface area (Å²) in [7, 11) is -1.07. The highest BCUT2D eigenvalue weighted by atomic mass is 32.2. The fourth-order valence-electron chi connectivity index (χ4n) is 1.93. The number of likely N-dealkylation sites (N-methyl/N-ethyl adjacent to an activating group) is 1. The average molecular weight is 324 g/mol. The summed E-state index contributed by atoms with van der Waals surface area (Å²) in [6.45, 7) is 7.98. The van der Waals surface area contributed by atoms with Crippen LogP contribution < -0.4 is 5.32 Å². The van der Waals surface area contributed by atoms with Gasteiger partial charge in [0.15, 0.2) is 0 Å². The maximum atomic E-state index is 12.4. The van der Waals surface area contributed by atoms with Crippen molar-refractivity contribution in [3.63, 3.8) is 0 Å². The molecule has 0 spiro atoms. The van der Waals surface area contributed by atoms with E-state index >= 15 is 0 Å². The molecule has 122 valence electrons. The minimum Gasteiger partial charge on any atom is -0.350 e. The minimum absolute atomic E-state index is 0.0219. The minimum atomic E-state index is -1.07. The Kier molecular flexibility index (Phi) is 6.29. The number of amides is 2. The first-order chi connectivity index (χ1) is 10.1. The number of rotatable bonds is 5. The molecule has 0 aliphatic heterocycles. The smallest absolute Gasteiger partial charge is 0.254 e. The zero-order valence-corrected chi connectivity index (χ0v) is 14.6. The van der Waals surface area contributed by atoms with E-state index in [1.54, 1.807) is 30.5 Å². The largest absolute Gasteiger partial charge is 0.350 e. The van der Waals surface area contributed by atoms with Gasteiger partial charge in [-0.2, -0.15) is 0 Å². The maximum absolute atomic E-state index is 12.4. The van der Waals surface area contributed by atoms with Gasteiger partial charge in [0.2, 0.25) is 5.91 Å². The molecule has 0 radical (unpaired) electrons. The summed E-state index contributed by atoms with van der Waals surface area (Å²) in [5, 5.41) is 2.84. The van der Waals surface area contributed by atoms with Gasteiger partial charge in [-0.25, -0.2) is 0 Å². The Morgan fingerprint density at radius 1 is 1.18 bits per heavy atom. The van der Waals surface area contributed by atoms with Gasteiger partial charge < -0.3 is 10.2 Å². The number of hydrogen-bond acceptors (Lipinski definition) is 3. The Morgan fingerprint density at radius 3 is 2.14 bits per heavy atom. The molecule has 0 aliphatic rings. The first-order valence-corrected chi connectivity index (χ1v) is 8.73. The molecule has 1 unspecified atom stereocenters. The van der Waals surface area contributed by atoms with Crippen molar-refractivity contribution in [2.75, 3.05) is 19.3 Å². The van der Waals surface area contributed by atoms with E-state index in [0.717, 1.165) is 0 Å². The van der Waals surface area contributed by atoms with Gasteiger partial charge in [-0.3, -0.25) is 13.8 Å². The third kappa shape index (κ3) is 5.60. The molecule has 1 atom stereocenters. The molecule has 6 heteroatoms. The van der Waals surface area contributed by atoms with E-state index in [0.29, 0.717) is 17.0 Å². The highest BCUT2D eigenvalue weighted by Gasteiger charge is 2.20. The van der Waals surface area contributed by atoms with Crippen molar-refractivity contribution < 1.29 is 13.8 Å². The molecule has 0 aromatic heterocycles. The molecule has 1 rings (SSSR count). The Bertz CT molecular complexity index is 562. The fraction of sp³-hybridized carbons (Fsp3) is 0.500. The van der Waals surface area contributed by atoms with Crippen molar-refractivity contribution in [2.45, 2.75) is 38.1 Å². The number of carbonyl (C=O) groups is 2. The van der Waals surface area contributed by atoms with Crippen LogP contribution in [0.3, 0.4) is 0 Å². The standard InChI is InChI=1S/C16H24N2O3S/c1-6-18(11-14(19)17-16(2,3)4)15(20)12-7-9-13(10-8-12)22(5)21/h7-10H,6,11H2,1-5H3,(H,17,19). The molecule has 1 N–H and O–H groups in total. The first kappa shape index (κ1) is 18.4. The predicted molar refractivity (Wildman–Crippen MR) is 88.2 cm³/mol. The van der Waals surface area contributed by atoms with Crippen molar-refractivity contribution in [1.29, 1.82) is 0 Å². The van der Waals surface area contributed by atoms with Crippen LogP contribution in [0.1, 0.15) is 38.1 Å². The van der Waals surface area contributed by atoms with Crippen LogP contribution in [0.4, 0.5) is 0 Å². The molecule has 0 bridgehead atoms. The van der Waals surface area contributed by atoms with Gasteiger partial charge >= 0.3 is 0 Å². The SMILES string of the molecule is CCN(CC(=O)NC(C)(C)C)C(=O)c1ccc(S(C)=O)cc1. The first-order valence-electron chi connectivity index (χ1n) is 7.18. The lowest BCUT2D eigenvalue weighted by Crippen LogP contribution is -2.47. The van der Waals surface area contributed by atoms with Gasteiger partial charge in [0.05, 0.1) is 6.54 Å². The van der Waals surface area contributed by atoms with Crippen molar-refractivity contribution in [2.24, 2.45) is 0 Å². The number of benzene rings is 1. The van der Waals surface area contributed by atoms with E-state index in [1.165, 1.54) is 4.90 Å². The van der Waals surface area contributed by atoms with Crippen molar-refractivity contribution >= 4 is 22.6 Å². The van der Waals surface area contributed by atoms with E-state index < -0.39 is 10.8 Å². The number of nitrogens with one attached hydrogen (secondary N) is 1. The summed E-state index contributed by atoms with van der Waals surface area (Å²) in [4.78, 5) is 26.5. The zero-order chi connectivity index (χ0) is 16.9. The predicted octanol–water partition coefficient (Wildman–Crippen LogP) is 1.80. The molecule has 0 saturated heterocycles. The molecular formula is C16H24N2O3S. The van der Waals surface area contributed by atoms with E-state index in [2.05, 4.69) is 5.32 Å².